The molecule has 2 saturated heterocycles. The molecule has 2 heterocycles. The quantitative estimate of drug-likeness (QED) is 0.591. The van der Waals surface area contributed by atoms with Crippen LogP contribution >= 0.6 is 0 Å². The Morgan fingerprint density at radius 2 is 1.74 bits per heavy atom. The average Bonchev–Trinajstić information content (AvgIpc) is 3.29. The first-order chi connectivity index (χ1) is 16.5. The van der Waals surface area contributed by atoms with Crippen LogP contribution in [0.5, 0.6) is 0 Å². The minimum absolute atomic E-state index is 0.134. The largest absolute Gasteiger partial charge is 0.338 e. The zero-order valence-corrected chi connectivity index (χ0v) is 21.6. The summed E-state index contributed by atoms with van der Waals surface area (Å²) in [5.41, 5.74) is 2.70. The number of carbonyl (C=O) groups is 2. The summed E-state index contributed by atoms with van der Waals surface area (Å²) in [5, 5.41) is 3.08. The van der Waals surface area contributed by atoms with Crippen LogP contribution in [0.1, 0.15) is 69.4 Å². The molecular weight excluding hydrogens is 422 g/mol. The van der Waals surface area contributed by atoms with Gasteiger partial charge in [-0.2, -0.15) is 0 Å². The molecule has 1 N–H and O–H groups in total. The second kappa shape index (κ2) is 11.8. The number of nitrogens with one attached hydrogen (secondary N) is 1. The monoisotopic (exact) mass is 467 g/mol. The van der Waals surface area contributed by atoms with Crippen LogP contribution in [-0.4, -0.2) is 66.8 Å². The number of hydrogen-bond acceptors (Lipinski definition) is 4. The number of rotatable bonds is 9. The van der Waals surface area contributed by atoms with Crippen molar-refractivity contribution in [2.24, 2.45) is 17.8 Å². The van der Waals surface area contributed by atoms with Gasteiger partial charge in [-0.1, -0.05) is 49.1 Å². The van der Waals surface area contributed by atoms with E-state index in [0.29, 0.717) is 24.3 Å². The molecule has 0 unspecified atom stereocenters. The standard InChI is InChI=1S/C29H45N3O2/c1-21-9-11-23(12-10-21)13-16-31-17-14-25-15-18-32(27(25)20-31)29(34)26(19-28(33)22(2)30-3)24-7-5-4-6-8-24/h9-12,22,24-27,30H,4-8,13-20H2,1-3H3/t22-,25+,26-,27+/m0/s1. The Morgan fingerprint density at radius 3 is 2.44 bits per heavy atom. The number of benzene rings is 1. The van der Waals surface area contributed by atoms with Gasteiger partial charge < -0.3 is 15.1 Å². The maximum atomic E-state index is 14.0. The number of aryl methyl sites for hydroxylation is 1. The molecule has 4 rings (SSSR count). The van der Waals surface area contributed by atoms with E-state index in [0.717, 1.165) is 51.9 Å². The van der Waals surface area contributed by atoms with Crippen molar-refractivity contribution in [3.05, 3.63) is 35.4 Å². The third-order valence-electron chi connectivity index (χ3n) is 8.94. The molecule has 1 saturated carbocycles. The van der Waals surface area contributed by atoms with E-state index in [2.05, 4.69) is 46.3 Å². The number of hydrogen-bond donors (Lipinski definition) is 1. The second-order valence-corrected chi connectivity index (χ2v) is 11.2. The van der Waals surface area contributed by atoms with Gasteiger partial charge in [-0.3, -0.25) is 9.59 Å². The van der Waals surface area contributed by atoms with Gasteiger partial charge in [0.05, 0.1) is 6.04 Å². The van der Waals surface area contributed by atoms with Gasteiger partial charge in [0.15, 0.2) is 0 Å². The van der Waals surface area contributed by atoms with E-state index in [1.807, 2.05) is 14.0 Å². The van der Waals surface area contributed by atoms with Crippen LogP contribution in [-0.2, 0) is 16.0 Å². The van der Waals surface area contributed by atoms with E-state index in [9.17, 15) is 9.59 Å². The zero-order chi connectivity index (χ0) is 24.1. The maximum Gasteiger partial charge on any atom is 0.226 e. The van der Waals surface area contributed by atoms with E-state index >= 15 is 0 Å². The van der Waals surface area contributed by atoms with Crippen LogP contribution < -0.4 is 5.32 Å². The van der Waals surface area contributed by atoms with Crippen LogP contribution in [0.4, 0.5) is 0 Å². The Balaban J connectivity index is 1.41. The van der Waals surface area contributed by atoms with E-state index in [4.69, 9.17) is 0 Å². The third-order valence-corrected chi connectivity index (χ3v) is 8.94. The summed E-state index contributed by atoms with van der Waals surface area (Å²) in [5.74, 6) is 1.32. The molecule has 0 bridgehead atoms. The molecule has 0 radical (unpaired) electrons. The molecule has 1 aromatic rings. The van der Waals surface area contributed by atoms with Crippen molar-refractivity contribution < 1.29 is 9.59 Å². The molecule has 34 heavy (non-hydrogen) atoms. The highest BCUT2D eigenvalue weighted by atomic mass is 16.2. The third kappa shape index (κ3) is 6.09. The number of nitrogens with zero attached hydrogens (tertiary/aromatic N) is 2. The van der Waals surface area contributed by atoms with E-state index in [-0.39, 0.29) is 23.7 Å². The number of fused-ring (bicyclic) bond motifs is 1. The van der Waals surface area contributed by atoms with Gasteiger partial charge in [-0.05, 0) is 76.9 Å². The van der Waals surface area contributed by atoms with Crippen LogP contribution in [0.2, 0.25) is 0 Å². The lowest BCUT2D eigenvalue weighted by atomic mass is 9.76. The Hall–Kier alpha value is -1.72. The molecular formula is C29H45N3O2. The summed E-state index contributed by atoms with van der Waals surface area (Å²) in [6, 6.07) is 9.01. The second-order valence-electron chi connectivity index (χ2n) is 11.2. The normalized spacial score (nSPS) is 25.7. The number of amides is 1. The molecule has 4 atom stereocenters. The smallest absolute Gasteiger partial charge is 0.226 e. The number of likely N-dealkylation sites (N-methyl/N-ethyl adjacent to an activating group) is 1. The minimum atomic E-state index is -0.183. The topological polar surface area (TPSA) is 52.7 Å². The van der Waals surface area contributed by atoms with E-state index < -0.39 is 0 Å². The maximum absolute atomic E-state index is 14.0. The number of ketones is 1. The van der Waals surface area contributed by atoms with Crippen molar-refractivity contribution in [3.8, 4) is 0 Å². The fourth-order valence-corrected chi connectivity index (χ4v) is 6.48. The number of piperidine rings is 1. The van der Waals surface area contributed by atoms with Crippen molar-refractivity contribution in [2.45, 2.75) is 83.7 Å². The fourth-order valence-electron chi connectivity index (χ4n) is 6.48. The number of carbonyl (C=O) groups excluding carboxylic acids is 2. The van der Waals surface area contributed by atoms with Crippen molar-refractivity contribution in [1.29, 1.82) is 0 Å². The lowest BCUT2D eigenvalue weighted by Crippen LogP contribution is -2.52. The van der Waals surface area contributed by atoms with Crippen LogP contribution in [0, 0.1) is 24.7 Å². The predicted molar refractivity (Wildman–Crippen MR) is 138 cm³/mol. The highest BCUT2D eigenvalue weighted by molar-refractivity contribution is 5.90. The lowest BCUT2D eigenvalue weighted by molar-refractivity contribution is -0.142. The van der Waals surface area contributed by atoms with Crippen molar-refractivity contribution in [2.75, 3.05) is 33.2 Å². The van der Waals surface area contributed by atoms with Crippen LogP contribution in [0.15, 0.2) is 24.3 Å². The molecule has 3 aliphatic rings. The minimum Gasteiger partial charge on any atom is -0.338 e. The first-order valence-electron chi connectivity index (χ1n) is 13.7. The first kappa shape index (κ1) is 25.4. The van der Waals surface area contributed by atoms with Gasteiger partial charge in [0.1, 0.15) is 5.78 Å². The highest BCUT2D eigenvalue weighted by Crippen LogP contribution is 2.38. The Morgan fingerprint density at radius 1 is 1.03 bits per heavy atom. The fraction of sp³-hybridized carbons (Fsp3) is 0.724. The molecule has 188 valence electrons. The Labute approximate surface area is 206 Å². The molecule has 1 aliphatic carbocycles. The molecule has 2 aliphatic heterocycles. The summed E-state index contributed by atoms with van der Waals surface area (Å²) < 4.78 is 0. The van der Waals surface area contributed by atoms with E-state index in [1.165, 1.54) is 36.8 Å². The Bertz CT molecular complexity index is 817. The van der Waals surface area contributed by atoms with Gasteiger partial charge in [-0.25, -0.2) is 0 Å². The number of Topliss-reactive ketones (excluding diaryl/α,β-unsaturated/α-hetero) is 1. The van der Waals surface area contributed by atoms with Crippen LogP contribution in [0.3, 0.4) is 0 Å². The van der Waals surface area contributed by atoms with Crippen LogP contribution in [0.25, 0.3) is 0 Å². The average molecular weight is 468 g/mol. The molecule has 1 aromatic carbocycles. The van der Waals surface area contributed by atoms with Gasteiger partial charge in [-0.15, -0.1) is 0 Å². The van der Waals surface area contributed by atoms with Gasteiger partial charge in [0, 0.05) is 38.0 Å². The summed E-state index contributed by atoms with van der Waals surface area (Å²) in [4.78, 5) is 31.7. The van der Waals surface area contributed by atoms with Gasteiger partial charge >= 0.3 is 0 Å². The highest BCUT2D eigenvalue weighted by Gasteiger charge is 2.44. The summed E-state index contributed by atoms with van der Waals surface area (Å²) in [7, 11) is 1.83. The first-order valence-corrected chi connectivity index (χ1v) is 13.7. The predicted octanol–water partition coefficient (Wildman–Crippen LogP) is 4.22. The summed E-state index contributed by atoms with van der Waals surface area (Å²) in [6.07, 6.45) is 9.63. The molecule has 1 amide bonds. The van der Waals surface area contributed by atoms with E-state index in [1.54, 1.807) is 0 Å². The molecule has 5 heteroatoms. The summed E-state index contributed by atoms with van der Waals surface area (Å²) in [6.45, 7) is 8.11. The molecule has 5 nitrogen and oxygen atoms in total. The lowest BCUT2D eigenvalue weighted by Gasteiger charge is -2.40. The van der Waals surface area contributed by atoms with Crippen molar-refractivity contribution in [1.82, 2.24) is 15.1 Å². The molecule has 0 aromatic heterocycles. The number of likely N-dealkylation sites (tertiary alicyclic amines) is 2. The van der Waals surface area contributed by atoms with Crippen molar-refractivity contribution >= 4 is 11.7 Å². The van der Waals surface area contributed by atoms with Gasteiger partial charge in [0.2, 0.25) is 5.91 Å². The molecule has 0 spiro atoms. The summed E-state index contributed by atoms with van der Waals surface area (Å²) >= 11 is 0. The van der Waals surface area contributed by atoms with Crippen molar-refractivity contribution in [3.63, 3.8) is 0 Å². The van der Waals surface area contributed by atoms with Gasteiger partial charge in [0.25, 0.3) is 0 Å². The molecule has 3 fully saturated rings. The SMILES string of the molecule is CN[C@@H](C)C(=O)C[C@H](C(=O)N1CC[C@H]2CCN(CCc3ccc(C)cc3)C[C@H]21)C1CCCCC1. The Kier molecular flexibility index (Phi) is 8.81. The zero-order valence-electron chi connectivity index (χ0n) is 21.6.